The van der Waals surface area contributed by atoms with Crippen LogP contribution in [0, 0.1) is 11.8 Å². The number of nitrogens with two attached hydrogens (primary N) is 1. The molecule has 9 heteroatoms. The van der Waals surface area contributed by atoms with Gasteiger partial charge in [0.2, 0.25) is 5.91 Å². The highest BCUT2D eigenvalue weighted by atomic mass is 19.4. The Kier molecular flexibility index (Phi) is 8.12. The van der Waals surface area contributed by atoms with Crippen molar-refractivity contribution in [3.8, 4) is 0 Å². The average molecular weight is 382 g/mol. The number of nitrogens with zero attached hydrogens (tertiary/aromatic N) is 1. The first-order chi connectivity index (χ1) is 12.3. The summed E-state index contributed by atoms with van der Waals surface area (Å²) in [5.41, 5.74) is 6.04. The van der Waals surface area contributed by atoms with E-state index in [0.29, 0.717) is 31.9 Å². The number of likely N-dealkylation sites (tertiary alicyclic amines) is 1. The molecule has 0 spiro atoms. The molecule has 0 radical (unpaired) electrons. The fraction of sp³-hybridized carbons (Fsp3) is 0.941. The van der Waals surface area contributed by atoms with Gasteiger partial charge in [0.15, 0.2) is 0 Å². The number of alkyl halides is 3. The van der Waals surface area contributed by atoms with Crippen molar-refractivity contribution in [2.75, 3.05) is 39.5 Å². The van der Waals surface area contributed by atoms with E-state index in [-0.39, 0.29) is 18.4 Å². The summed E-state index contributed by atoms with van der Waals surface area (Å²) in [5, 5.41) is 0. The van der Waals surface area contributed by atoms with Crippen molar-refractivity contribution >= 4 is 5.91 Å². The van der Waals surface area contributed by atoms with Gasteiger partial charge in [0.05, 0.1) is 19.3 Å². The Labute approximate surface area is 152 Å². The lowest BCUT2D eigenvalue weighted by Gasteiger charge is -2.35. The quantitative estimate of drug-likeness (QED) is 0.728. The lowest BCUT2D eigenvalue weighted by Crippen LogP contribution is -2.53. The highest BCUT2D eigenvalue weighted by Gasteiger charge is 2.34. The van der Waals surface area contributed by atoms with Crippen molar-refractivity contribution in [3.05, 3.63) is 0 Å². The molecule has 0 unspecified atom stereocenters. The molecule has 2 N–H and O–H groups in total. The van der Waals surface area contributed by atoms with Crippen LogP contribution < -0.4 is 5.73 Å². The molecule has 26 heavy (non-hydrogen) atoms. The average Bonchev–Trinajstić information content (AvgIpc) is 2.63. The van der Waals surface area contributed by atoms with Crippen LogP contribution in [0.25, 0.3) is 0 Å². The van der Waals surface area contributed by atoms with Gasteiger partial charge in [-0.25, -0.2) is 0 Å². The van der Waals surface area contributed by atoms with Gasteiger partial charge in [-0.3, -0.25) is 9.53 Å². The van der Waals surface area contributed by atoms with Gasteiger partial charge in [-0.05, 0) is 38.5 Å². The summed E-state index contributed by atoms with van der Waals surface area (Å²) in [6, 6.07) is -0.822. The summed E-state index contributed by atoms with van der Waals surface area (Å²) in [6.45, 7) is 4.05. The molecule has 2 heterocycles. The van der Waals surface area contributed by atoms with Gasteiger partial charge in [-0.2, -0.15) is 0 Å². The van der Waals surface area contributed by atoms with Crippen molar-refractivity contribution in [1.29, 1.82) is 0 Å². The van der Waals surface area contributed by atoms with E-state index >= 15 is 0 Å². The molecule has 2 aliphatic rings. The minimum Gasteiger partial charge on any atom is -0.381 e. The lowest BCUT2D eigenvalue weighted by atomic mass is 9.98. The standard InChI is InChI=1S/C17H29F3N2O4/c1-12(25-10-13-4-7-24-8-5-13)15(21)16(23)22-6-2-3-14(9-22)11-26-17(18,19)20/h12-15H,2-11,21H2,1H3/t12-,14+,15+/m1/s1. The number of amides is 1. The van der Waals surface area contributed by atoms with E-state index in [1.54, 1.807) is 6.92 Å². The number of halogens is 3. The highest BCUT2D eigenvalue weighted by Crippen LogP contribution is 2.23. The minimum atomic E-state index is -4.64. The largest absolute Gasteiger partial charge is 0.522 e. The van der Waals surface area contributed by atoms with Gasteiger partial charge in [-0.15, -0.1) is 13.2 Å². The summed E-state index contributed by atoms with van der Waals surface area (Å²) >= 11 is 0. The van der Waals surface area contributed by atoms with Crippen molar-refractivity contribution in [2.45, 2.75) is 51.1 Å². The molecule has 2 aliphatic heterocycles. The molecule has 3 atom stereocenters. The van der Waals surface area contributed by atoms with Crippen LogP contribution in [0.2, 0.25) is 0 Å². The first kappa shape index (κ1) is 21.4. The van der Waals surface area contributed by atoms with Gasteiger partial charge < -0.3 is 20.1 Å². The monoisotopic (exact) mass is 382 g/mol. The Morgan fingerprint density at radius 3 is 2.58 bits per heavy atom. The van der Waals surface area contributed by atoms with E-state index in [1.165, 1.54) is 4.90 Å². The summed E-state index contributed by atoms with van der Waals surface area (Å²) < 4.78 is 51.6. The van der Waals surface area contributed by atoms with E-state index in [9.17, 15) is 18.0 Å². The SMILES string of the molecule is C[C@@H](OCC1CCOCC1)[C@H](N)C(=O)N1CCC[C@H](COC(F)(F)F)C1. The second-order valence-electron chi connectivity index (χ2n) is 7.17. The number of piperidine rings is 1. The zero-order chi connectivity index (χ0) is 19.2. The molecule has 1 amide bonds. The van der Waals surface area contributed by atoms with Crippen LogP contribution in [0.1, 0.15) is 32.6 Å². The van der Waals surface area contributed by atoms with E-state index in [0.717, 1.165) is 26.1 Å². The van der Waals surface area contributed by atoms with Gasteiger partial charge in [-0.1, -0.05) is 0 Å². The van der Waals surface area contributed by atoms with Crippen molar-refractivity contribution in [2.24, 2.45) is 17.6 Å². The topological polar surface area (TPSA) is 74.0 Å². The predicted molar refractivity (Wildman–Crippen MR) is 88.2 cm³/mol. The fourth-order valence-electron chi connectivity index (χ4n) is 3.33. The van der Waals surface area contributed by atoms with Gasteiger partial charge in [0.25, 0.3) is 0 Å². The van der Waals surface area contributed by atoms with Crippen LogP contribution in [-0.2, 0) is 19.0 Å². The Morgan fingerprint density at radius 1 is 1.23 bits per heavy atom. The third kappa shape index (κ3) is 7.02. The van der Waals surface area contributed by atoms with Crippen LogP contribution in [0.15, 0.2) is 0 Å². The maximum atomic E-state index is 12.6. The van der Waals surface area contributed by atoms with E-state index in [1.807, 2.05) is 0 Å². The summed E-state index contributed by atoms with van der Waals surface area (Å²) in [7, 11) is 0. The first-order valence-corrected chi connectivity index (χ1v) is 9.20. The third-order valence-corrected chi connectivity index (χ3v) is 5.04. The van der Waals surface area contributed by atoms with Crippen molar-refractivity contribution in [3.63, 3.8) is 0 Å². The third-order valence-electron chi connectivity index (χ3n) is 5.04. The highest BCUT2D eigenvalue weighted by molar-refractivity contribution is 5.82. The van der Waals surface area contributed by atoms with Crippen molar-refractivity contribution in [1.82, 2.24) is 4.90 Å². The molecule has 6 nitrogen and oxygen atoms in total. The first-order valence-electron chi connectivity index (χ1n) is 9.20. The molecule has 0 saturated carbocycles. The second-order valence-corrected chi connectivity index (χ2v) is 7.17. The maximum absolute atomic E-state index is 12.6. The van der Waals surface area contributed by atoms with Crippen molar-refractivity contribution < 1.29 is 32.2 Å². The smallest absolute Gasteiger partial charge is 0.381 e. The number of ether oxygens (including phenoxy) is 3. The Hall–Kier alpha value is -0.900. The van der Waals surface area contributed by atoms with Gasteiger partial charge in [0, 0.05) is 32.2 Å². The number of hydrogen-bond acceptors (Lipinski definition) is 5. The molecule has 152 valence electrons. The molecule has 2 fully saturated rings. The van der Waals surface area contributed by atoms with Crippen LogP contribution in [-0.4, -0.2) is 68.8 Å². The Morgan fingerprint density at radius 2 is 1.92 bits per heavy atom. The number of hydrogen-bond donors (Lipinski definition) is 1. The summed E-state index contributed by atoms with van der Waals surface area (Å²) in [6.07, 6.45) is -1.98. The molecular formula is C17H29F3N2O4. The predicted octanol–water partition coefficient (Wildman–Crippen LogP) is 1.92. The lowest BCUT2D eigenvalue weighted by molar-refractivity contribution is -0.329. The van der Waals surface area contributed by atoms with Crippen LogP contribution in [0.3, 0.4) is 0 Å². The molecule has 2 saturated heterocycles. The number of carbonyl (C=O) groups excluding carboxylic acids is 1. The normalized spacial score (nSPS) is 25.1. The maximum Gasteiger partial charge on any atom is 0.522 e. The van der Waals surface area contributed by atoms with Crippen LogP contribution in [0.4, 0.5) is 13.2 Å². The van der Waals surface area contributed by atoms with Crippen LogP contribution in [0.5, 0.6) is 0 Å². The Balaban J connectivity index is 1.76. The molecule has 0 aromatic rings. The molecule has 2 rings (SSSR count). The number of rotatable bonds is 7. The minimum absolute atomic E-state index is 0.231. The van der Waals surface area contributed by atoms with E-state index < -0.39 is 25.1 Å². The molecule has 0 aromatic heterocycles. The number of carbonyl (C=O) groups is 1. The Bertz CT molecular complexity index is 444. The van der Waals surface area contributed by atoms with Gasteiger partial charge >= 0.3 is 6.36 Å². The molecule has 0 aliphatic carbocycles. The van der Waals surface area contributed by atoms with E-state index in [2.05, 4.69) is 4.74 Å². The summed E-state index contributed by atoms with van der Waals surface area (Å²) in [5.74, 6) is -0.200. The zero-order valence-electron chi connectivity index (χ0n) is 15.2. The van der Waals surface area contributed by atoms with Crippen LogP contribution >= 0.6 is 0 Å². The second kappa shape index (κ2) is 9.87. The van der Waals surface area contributed by atoms with E-state index in [4.69, 9.17) is 15.2 Å². The fourth-order valence-corrected chi connectivity index (χ4v) is 3.33. The molecular weight excluding hydrogens is 353 g/mol. The molecule has 0 aromatic carbocycles. The zero-order valence-corrected chi connectivity index (χ0v) is 15.2. The summed E-state index contributed by atoms with van der Waals surface area (Å²) in [4.78, 5) is 14.1. The van der Waals surface area contributed by atoms with Gasteiger partial charge in [0.1, 0.15) is 6.04 Å². The molecule has 0 bridgehead atoms.